The molecular weight excluding hydrogens is 416 g/mol. The third-order valence-electron chi connectivity index (χ3n) is 5.20. The van der Waals surface area contributed by atoms with Gasteiger partial charge in [-0.15, -0.1) is 0 Å². The van der Waals surface area contributed by atoms with Crippen molar-refractivity contribution in [1.29, 1.82) is 5.26 Å². The number of aryl methyl sites for hydroxylation is 2. The van der Waals surface area contributed by atoms with Gasteiger partial charge in [-0.1, -0.05) is 29.8 Å². The van der Waals surface area contributed by atoms with Crippen molar-refractivity contribution in [3.8, 4) is 6.07 Å². The van der Waals surface area contributed by atoms with Crippen LogP contribution in [0.15, 0.2) is 54.1 Å². The molecule has 7 heteroatoms. The lowest BCUT2D eigenvalue weighted by atomic mass is 10.1. The predicted octanol–water partition coefficient (Wildman–Crippen LogP) is 4.58. The normalized spacial score (nSPS) is 11.1. The molecule has 0 aliphatic heterocycles. The summed E-state index contributed by atoms with van der Waals surface area (Å²) in [5.41, 5.74) is 5.47. The minimum Gasteiger partial charge on any atom is -0.462 e. The van der Waals surface area contributed by atoms with Crippen LogP contribution >= 0.6 is 0 Å². The molecule has 0 saturated carbocycles. The predicted molar refractivity (Wildman–Crippen MR) is 127 cm³/mol. The van der Waals surface area contributed by atoms with E-state index in [1.54, 1.807) is 37.3 Å². The SMILES string of the molecule is CCOC(=O)c1ccc(NC(=O)/C(C#N)=C/c2c(C)nn(Cc3ccc(C)cc3)c2C)cc1. The van der Waals surface area contributed by atoms with E-state index in [1.807, 2.05) is 31.5 Å². The number of hydrogen-bond donors (Lipinski definition) is 1. The Kier molecular flexibility index (Phi) is 7.42. The van der Waals surface area contributed by atoms with Gasteiger partial charge in [0.2, 0.25) is 0 Å². The lowest BCUT2D eigenvalue weighted by molar-refractivity contribution is -0.112. The number of anilines is 1. The second-order valence-electron chi connectivity index (χ2n) is 7.65. The van der Waals surface area contributed by atoms with Crippen LogP contribution in [0.4, 0.5) is 5.69 Å². The van der Waals surface area contributed by atoms with Crippen molar-refractivity contribution in [2.24, 2.45) is 0 Å². The fourth-order valence-electron chi connectivity index (χ4n) is 3.34. The Morgan fingerprint density at radius 2 is 1.76 bits per heavy atom. The summed E-state index contributed by atoms with van der Waals surface area (Å²) in [5, 5.41) is 16.9. The first-order chi connectivity index (χ1) is 15.8. The van der Waals surface area contributed by atoms with Crippen LogP contribution in [-0.2, 0) is 16.1 Å². The van der Waals surface area contributed by atoms with Crippen LogP contribution in [0, 0.1) is 32.1 Å². The first-order valence-electron chi connectivity index (χ1n) is 10.6. The van der Waals surface area contributed by atoms with Gasteiger partial charge < -0.3 is 10.1 Å². The smallest absolute Gasteiger partial charge is 0.338 e. The van der Waals surface area contributed by atoms with Gasteiger partial charge in [0.05, 0.1) is 24.4 Å². The number of esters is 1. The van der Waals surface area contributed by atoms with E-state index < -0.39 is 11.9 Å². The monoisotopic (exact) mass is 442 g/mol. The molecule has 0 fully saturated rings. The number of benzene rings is 2. The maximum absolute atomic E-state index is 12.7. The van der Waals surface area contributed by atoms with Crippen LogP contribution in [-0.4, -0.2) is 28.3 Å². The van der Waals surface area contributed by atoms with Gasteiger partial charge in [-0.25, -0.2) is 4.79 Å². The van der Waals surface area contributed by atoms with Crippen LogP contribution in [0.3, 0.4) is 0 Å². The molecule has 0 bridgehead atoms. The molecule has 1 heterocycles. The van der Waals surface area contributed by atoms with Crippen LogP contribution < -0.4 is 5.32 Å². The first kappa shape index (κ1) is 23.5. The maximum atomic E-state index is 12.7. The number of aromatic nitrogens is 2. The second kappa shape index (κ2) is 10.4. The van der Waals surface area contributed by atoms with E-state index in [0.29, 0.717) is 17.8 Å². The van der Waals surface area contributed by atoms with Crippen LogP contribution in [0.2, 0.25) is 0 Å². The van der Waals surface area contributed by atoms with E-state index in [-0.39, 0.29) is 12.2 Å². The van der Waals surface area contributed by atoms with Crippen molar-refractivity contribution >= 4 is 23.6 Å². The minimum atomic E-state index is -0.536. The highest BCUT2D eigenvalue weighted by Gasteiger charge is 2.15. The van der Waals surface area contributed by atoms with E-state index in [4.69, 9.17) is 4.74 Å². The molecule has 0 aliphatic carbocycles. The molecule has 0 spiro atoms. The quantitative estimate of drug-likeness (QED) is 0.328. The number of rotatable bonds is 7. The summed E-state index contributed by atoms with van der Waals surface area (Å²) in [6, 6.07) is 16.5. The van der Waals surface area contributed by atoms with Gasteiger partial charge in [0.15, 0.2) is 0 Å². The molecule has 0 unspecified atom stereocenters. The summed E-state index contributed by atoms with van der Waals surface area (Å²) in [5.74, 6) is -0.965. The third-order valence-corrected chi connectivity index (χ3v) is 5.20. The molecule has 168 valence electrons. The Labute approximate surface area is 193 Å². The zero-order chi connectivity index (χ0) is 24.0. The van der Waals surface area contributed by atoms with Gasteiger partial charge in [-0.05, 0) is 63.6 Å². The van der Waals surface area contributed by atoms with Crippen molar-refractivity contribution in [2.75, 3.05) is 11.9 Å². The third kappa shape index (κ3) is 5.74. The van der Waals surface area contributed by atoms with Crippen molar-refractivity contribution in [1.82, 2.24) is 9.78 Å². The number of nitrogens with one attached hydrogen (secondary N) is 1. The number of ether oxygens (including phenoxy) is 1. The summed E-state index contributed by atoms with van der Waals surface area (Å²) in [4.78, 5) is 24.5. The summed E-state index contributed by atoms with van der Waals surface area (Å²) in [6.45, 7) is 8.43. The highest BCUT2D eigenvalue weighted by molar-refractivity contribution is 6.10. The second-order valence-corrected chi connectivity index (χ2v) is 7.65. The number of hydrogen-bond acceptors (Lipinski definition) is 5. The highest BCUT2D eigenvalue weighted by Crippen LogP contribution is 2.20. The molecule has 33 heavy (non-hydrogen) atoms. The topological polar surface area (TPSA) is 97.0 Å². The van der Waals surface area contributed by atoms with Gasteiger partial charge in [-0.2, -0.15) is 10.4 Å². The standard InChI is InChI=1S/C26H26N4O3/c1-5-33-26(32)21-10-12-23(13-11-21)28-25(31)22(15-27)14-24-18(3)29-30(19(24)4)16-20-8-6-17(2)7-9-20/h6-14H,5,16H2,1-4H3,(H,28,31)/b22-14+. The summed E-state index contributed by atoms with van der Waals surface area (Å²) in [7, 11) is 0. The fourth-order valence-corrected chi connectivity index (χ4v) is 3.34. The molecule has 3 rings (SSSR count). The average molecular weight is 443 g/mol. The average Bonchev–Trinajstić information content (AvgIpc) is 3.06. The zero-order valence-corrected chi connectivity index (χ0v) is 19.2. The van der Waals surface area contributed by atoms with E-state index in [9.17, 15) is 14.9 Å². The van der Waals surface area contributed by atoms with Gasteiger partial charge in [0.1, 0.15) is 11.6 Å². The maximum Gasteiger partial charge on any atom is 0.338 e. The molecule has 1 aromatic heterocycles. The van der Waals surface area contributed by atoms with Gasteiger partial charge in [-0.3, -0.25) is 9.48 Å². The fraction of sp³-hybridized carbons (Fsp3) is 0.231. The Balaban J connectivity index is 1.78. The zero-order valence-electron chi connectivity index (χ0n) is 19.2. The van der Waals surface area contributed by atoms with Crippen molar-refractivity contribution in [3.63, 3.8) is 0 Å². The highest BCUT2D eigenvalue weighted by atomic mass is 16.5. The van der Waals surface area contributed by atoms with E-state index >= 15 is 0 Å². The van der Waals surface area contributed by atoms with Crippen LogP contribution in [0.25, 0.3) is 6.08 Å². The number of amides is 1. The molecular formula is C26H26N4O3. The molecule has 1 N–H and O–H groups in total. The number of carbonyl (C=O) groups is 2. The largest absolute Gasteiger partial charge is 0.462 e. The summed E-state index contributed by atoms with van der Waals surface area (Å²) in [6.07, 6.45) is 1.56. The molecule has 2 aromatic carbocycles. The molecule has 7 nitrogen and oxygen atoms in total. The Morgan fingerprint density at radius 1 is 1.09 bits per heavy atom. The van der Waals surface area contributed by atoms with E-state index in [2.05, 4.69) is 34.7 Å². The van der Waals surface area contributed by atoms with Crippen LogP contribution in [0.5, 0.6) is 0 Å². The van der Waals surface area contributed by atoms with Gasteiger partial charge in [0.25, 0.3) is 5.91 Å². The number of carbonyl (C=O) groups excluding carboxylic acids is 2. The molecule has 3 aromatic rings. The van der Waals surface area contributed by atoms with Gasteiger partial charge >= 0.3 is 5.97 Å². The summed E-state index contributed by atoms with van der Waals surface area (Å²) >= 11 is 0. The Bertz CT molecular complexity index is 1230. The van der Waals surface area contributed by atoms with E-state index in [1.165, 1.54) is 5.56 Å². The minimum absolute atomic E-state index is 0.0365. The van der Waals surface area contributed by atoms with Crippen molar-refractivity contribution in [3.05, 3.63) is 87.7 Å². The molecule has 0 atom stereocenters. The lowest BCUT2D eigenvalue weighted by Crippen LogP contribution is -2.14. The summed E-state index contributed by atoms with van der Waals surface area (Å²) < 4.78 is 6.82. The number of nitriles is 1. The van der Waals surface area contributed by atoms with E-state index in [0.717, 1.165) is 22.5 Å². The molecule has 1 amide bonds. The van der Waals surface area contributed by atoms with Crippen molar-refractivity contribution < 1.29 is 14.3 Å². The van der Waals surface area contributed by atoms with Crippen LogP contribution in [0.1, 0.15) is 45.4 Å². The Hall–Kier alpha value is -4.18. The Morgan fingerprint density at radius 3 is 2.36 bits per heavy atom. The van der Waals surface area contributed by atoms with Gasteiger partial charge in [0, 0.05) is 16.9 Å². The lowest BCUT2D eigenvalue weighted by Gasteiger charge is -2.07. The molecule has 0 saturated heterocycles. The van der Waals surface area contributed by atoms with Crippen molar-refractivity contribution in [2.45, 2.75) is 34.2 Å². The first-order valence-corrected chi connectivity index (χ1v) is 10.6. The molecule has 0 aliphatic rings. The number of nitrogens with zero attached hydrogens (tertiary/aromatic N) is 3. The molecule has 0 radical (unpaired) electrons.